The van der Waals surface area contributed by atoms with Crippen LogP contribution in [0.5, 0.6) is 0 Å². The van der Waals surface area contributed by atoms with Crippen molar-refractivity contribution in [1.82, 2.24) is 20.9 Å². The topological polar surface area (TPSA) is 113 Å². The molecular formula is C20H28N4O5. The number of urea groups is 1. The maximum absolute atomic E-state index is 12.7. The van der Waals surface area contributed by atoms with Crippen molar-refractivity contribution in [3.8, 4) is 0 Å². The Hall–Kier alpha value is -2.81. The fourth-order valence-electron chi connectivity index (χ4n) is 3.73. The first-order valence-electron chi connectivity index (χ1n) is 10.0. The van der Waals surface area contributed by atoms with Gasteiger partial charge in [-0.15, -0.1) is 0 Å². The fourth-order valence-corrected chi connectivity index (χ4v) is 3.73. The minimum absolute atomic E-state index is 0.0244. The average molecular weight is 404 g/mol. The molecule has 2 atom stereocenters. The van der Waals surface area contributed by atoms with Gasteiger partial charge in [0, 0.05) is 31.2 Å². The van der Waals surface area contributed by atoms with Crippen LogP contribution < -0.4 is 16.0 Å². The molecule has 3 N–H and O–H groups in total. The third-order valence-electron chi connectivity index (χ3n) is 5.05. The Balaban J connectivity index is 1.84. The molecule has 0 aliphatic carbocycles. The van der Waals surface area contributed by atoms with E-state index in [1.165, 1.54) is 6.26 Å². The van der Waals surface area contributed by atoms with E-state index in [1.807, 2.05) is 6.92 Å². The monoisotopic (exact) mass is 404 g/mol. The summed E-state index contributed by atoms with van der Waals surface area (Å²) in [7, 11) is 0. The van der Waals surface area contributed by atoms with Gasteiger partial charge in [0.25, 0.3) is 0 Å². The lowest BCUT2D eigenvalue weighted by Gasteiger charge is -2.35. The van der Waals surface area contributed by atoms with Crippen LogP contribution in [0.3, 0.4) is 0 Å². The Bertz CT molecular complexity index is 774. The summed E-state index contributed by atoms with van der Waals surface area (Å²) in [5.41, 5.74) is 0.831. The molecule has 1 saturated heterocycles. The standard InChI is InChI=1S/C20H28N4O5/c1-3-16(25)21-13-7-5-9-24(11-13)12-14-17(19(26)28-4-2)18(23-20(27)22-14)15-8-6-10-29-15/h6,8,10,13,18H,3-5,7,9,11-12H2,1-2H3,(H,21,25)(H2,22,23,27). The lowest BCUT2D eigenvalue weighted by molar-refractivity contribution is -0.139. The number of furan rings is 1. The first-order valence-corrected chi connectivity index (χ1v) is 10.0. The highest BCUT2D eigenvalue weighted by atomic mass is 16.5. The Labute approximate surface area is 169 Å². The molecule has 3 amide bonds. The first kappa shape index (κ1) is 20.9. The summed E-state index contributed by atoms with van der Waals surface area (Å²) in [6.45, 7) is 5.62. The molecule has 9 heteroatoms. The Morgan fingerprint density at radius 3 is 2.90 bits per heavy atom. The minimum Gasteiger partial charge on any atom is -0.467 e. The van der Waals surface area contributed by atoms with E-state index in [2.05, 4.69) is 20.9 Å². The highest BCUT2D eigenvalue weighted by Crippen LogP contribution is 2.28. The molecule has 0 bridgehead atoms. The predicted molar refractivity (Wildman–Crippen MR) is 105 cm³/mol. The second kappa shape index (κ2) is 9.60. The van der Waals surface area contributed by atoms with E-state index in [4.69, 9.17) is 9.15 Å². The largest absolute Gasteiger partial charge is 0.467 e. The van der Waals surface area contributed by atoms with Crippen LogP contribution in [0, 0.1) is 0 Å². The number of likely N-dealkylation sites (tertiary alicyclic amines) is 1. The molecule has 3 heterocycles. The number of carbonyl (C=O) groups excluding carboxylic acids is 3. The average Bonchev–Trinajstić information content (AvgIpc) is 3.22. The Morgan fingerprint density at radius 2 is 2.21 bits per heavy atom. The van der Waals surface area contributed by atoms with E-state index in [0.29, 0.717) is 36.5 Å². The van der Waals surface area contributed by atoms with E-state index in [1.54, 1.807) is 19.1 Å². The summed E-state index contributed by atoms with van der Waals surface area (Å²) in [6, 6.07) is 2.36. The number of piperidine rings is 1. The van der Waals surface area contributed by atoms with Crippen molar-refractivity contribution >= 4 is 17.9 Å². The highest BCUT2D eigenvalue weighted by molar-refractivity contribution is 5.95. The van der Waals surface area contributed by atoms with Gasteiger partial charge >= 0.3 is 12.0 Å². The predicted octanol–water partition coefficient (Wildman–Crippen LogP) is 1.44. The molecule has 29 heavy (non-hydrogen) atoms. The lowest BCUT2D eigenvalue weighted by Crippen LogP contribution is -2.52. The van der Waals surface area contributed by atoms with Crippen LogP contribution in [-0.2, 0) is 14.3 Å². The number of ether oxygens (including phenoxy) is 1. The maximum Gasteiger partial charge on any atom is 0.338 e. The summed E-state index contributed by atoms with van der Waals surface area (Å²) >= 11 is 0. The summed E-state index contributed by atoms with van der Waals surface area (Å²) in [5, 5.41) is 8.54. The smallest absolute Gasteiger partial charge is 0.338 e. The summed E-state index contributed by atoms with van der Waals surface area (Å²) in [4.78, 5) is 38.9. The molecule has 0 spiro atoms. The molecule has 0 radical (unpaired) electrons. The van der Waals surface area contributed by atoms with Crippen LogP contribution in [0.25, 0.3) is 0 Å². The first-order chi connectivity index (χ1) is 14.0. The number of nitrogens with zero attached hydrogens (tertiary/aromatic N) is 1. The third kappa shape index (κ3) is 5.17. The van der Waals surface area contributed by atoms with Crippen molar-refractivity contribution < 1.29 is 23.5 Å². The molecule has 2 aliphatic rings. The molecule has 9 nitrogen and oxygen atoms in total. The zero-order valence-corrected chi connectivity index (χ0v) is 16.8. The number of carbonyl (C=O) groups is 3. The molecule has 2 unspecified atom stereocenters. The molecule has 0 aromatic carbocycles. The number of amides is 3. The van der Waals surface area contributed by atoms with Gasteiger partial charge in [-0.05, 0) is 38.4 Å². The second-order valence-corrected chi connectivity index (χ2v) is 7.15. The Morgan fingerprint density at radius 1 is 1.38 bits per heavy atom. The van der Waals surface area contributed by atoms with E-state index < -0.39 is 18.0 Å². The summed E-state index contributed by atoms with van der Waals surface area (Å²) < 4.78 is 10.7. The van der Waals surface area contributed by atoms with Crippen molar-refractivity contribution in [2.45, 2.75) is 45.2 Å². The van der Waals surface area contributed by atoms with Gasteiger partial charge in [-0.2, -0.15) is 0 Å². The van der Waals surface area contributed by atoms with Crippen LogP contribution in [0.2, 0.25) is 0 Å². The van der Waals surface area contributed by atoms with E-state index in [9.17, 15) is 14.4 Å². The van der Waals surface area contributed by atoms with Gasteiger partial charge < -0.3 is 25.1 Å². The van der Waals surface area contributed by atoms with Gasteiger partial charge in [0.15, 0.2) is 0 Å². The number of rotatable bonds is 7. The van der Waals surface area contributed by atoms with Gasteiger partial charge in [0.05, 0.1) is 18.4 Å². The van der Waals surface area contributed by atoms with Crippen LogP contribution in [0.15, 0.2) is 34.1 Å². The molecule has 2 aliphatic heterocycles. The molecule has 3 rings (SSSR count). The van der Waals surface area contributed by atoms with Gasteiger partial charge in [-0.25, -0.2) is 9.59 Å². The molecule has 1 aromatic heterocycles. The lowest BCUT2D eigenvalue weighted by atomic mass is 9.98. The van der Waals surface area contributed by atoms with Crippen LogP contribution in [-0.4, -0.2) is 55.1 Å². The number of hydrogen-bond donors (Lipinski definition) is 3. The van der Waals surface area contributed by atoms with E-state index >= 15 is 0 Å². The van der Waals surface area contributed by atoms with Gasteiger partial charge in [-0.1, -0.05) is 6.92 Å². The quantitative estimate of drug-likeness (QED) is 0.593. The van der Waals surface area contributed by atoms with Crippen molar-refractivity contribution in [1.29, 1.82) is 0 Å². The number of nitrogens with one attached hydrogen (secondary N) is 3. The van der Waals surface area contributed by atoms with Gasteiger partial charge in [0.2, 0.25) is 5.91 Å². The van der Waals surface area contributed by atoms with Crippen molar-refractivity contribution in [3.05, 3.63) is 35.4 Å². The SMILES string of the molecule is CCOC(=O)C1=C(CN2CCCC(NC(=O)CC)C2)NC(=O)NC1c1ccco1. The third-order valence-corrected chi connectivity index (χ3v) is 5.05. The van der Waals surface area contributed by atoms with Crippen LogP contribution in [0.1, 0.15) is 44.9 Å². The zero-order valence-electron chi connectivity index (χ0n) is 16.8. The Kier molecular flexibility index (Phi) is 6.92. The molecule has 0 saturated carbocycles. The molecule has 158 valence electrons. The normalized spacial score (nSPS) is 22.6. The molecule has 1 aromatic rings. The van der Waals surface area contributed by atoms with Crippen molar-refractivity contribution in [2.24, 2.45) is 0 Å². The van der Waals surface area contributed by atoms with E-state index in [-0.39, 0.29) is 18.6 Å². The number of hydrogen-bond acceptors (Lipinski definition) is 6. The molecule has 1 fully saturated rings. The highest BCUT2D eigenvalue weighted by Gasteiger charge is 2.36. The fraction of sp³-hybridized carbons (Fsp3) is 0.550. The maximum atomic E-state index is 12.7. The number of esters is 1. The molecular weight excluding hydrogens is 376 g/mol. The zero-order chi connectivity index (χ0) is 20.8. The van der Waals surface area contributed by atoms with Gasteiger partial charge in [-0.3, -0.25) is 9.69 Å². The second-order valence-electron chi connectivity index (χ2n) is 7.15. The van der Waals surface area contributed by atoms with Crippen LogP contribution in [0.4, 0.5) is 4.79 Å². The van der Waals surface area contributed by atoms with Crippen molar-refractivity contribution in [2.75, 3.05) is 26.2 Å². The van der Waals surface area contributed by atoms with E-state index in [0.717, 1.165) is 19.4 Å². The van der Waals surface area contributed by atoms with Crippen molar-refractivity contribution in [3.63, 3.8) is 0 Å². The summed E-state index contributed by atoms with van der Waals surface area (Å²) in [5.74, 6) is -0.00675. The summed E-state index contributed by atoms with van der Waals surface area (Å²) in [6.07, 6.45) is 3.78. The van der Waals surface area contributed by atoms with Crippen LogP contribution >= 0.6 is 0 Å². The minimum atomic E-state index is -0.715. The van der Waals surface area contributed by atoms with Gasteiger partial charge in [0.1, 0.15) is 11.8 Å².